The highest BCUT2D eigenvalue weighted by Gasteiger charge is 2.23. The summed E-state index contributed by atoms with van der Waals surface area (Å²) < 4.78 is 12.8. The van der Waals surface area contributed by atoms with Gasteiger partial charge in [-0.3, -0.25) is 0 Å². The van der Waals surface area contributed by atoms with E-state index in [1.54, 1.807) is 6.92 Å². The maximum absolute atomic E-state index is 9.69. The number of benzene rings is 4. The second-order valence-electron chi connectivity index (χ2n) is 14.7. The van der Waals surface area contributed by atoms with Crippen LogP contribution < -0.4 is 14.8 Å². The van der Waals surface area contributed by atoms with Crippen LogP contribution in [0.3, 0.4) is 0 Å². The third-order valence-corrected chi connectivity index (χ3v) is 10.4. The van der Waals surface area contributed by atoms with Gasteiger partial charge in [-0.1, -0.05) is 55.5 Å². The molecule has 0 saturated heterocycles. The Morgan fingerprint density at radius 1 is 0.560 bits per heavy atom. The molecule has 7 nitrogen and oxygen atoms in total. The van der Waals surface area contributed by atoms with Crippen molar-refractivity contribution in [2.24, 2.45) is 5.41 Å². The molecule has 270 valence electrons. The SMILES string of the molecule is Cc1cc(OCc2cccc(-c3cccc(COc4cc(C)c(CNC(C)(CO)CO)cc4C)c3C)c2C)c(C)cc1CCC(C)(CO)CO. The number of nitrogens with one attached hydrogen (secondary N) is 1. The normalized spacial score (nSPS) is 12.0. The van der Waals surface area contributed by atoms with Gasteiger partial charge in [-0.25, -0.2) is 0 Å². The Bertz CT molecular complexity index is 1630. The van der Waals surface area contributed by atoms with Crippen molar-refractivity contribution in [1.29, 1.82) is 0 Å². The molecule has 0 heterocycles. The van der Waals surface area contributed by atoms with Crippen molar-refractivity contribution in [3.63, 3.8) is 0 Å². The van der Waals surface area contributed by atoms with Gasteiger partial charge in [0.25, 0.3) is 0 Å². The molecule has 4 aromatic carbocycles. The van der Waals surface area contributed by atoms with Crippen LogP contribution in [0.5, 0.6) is 11.5 Å². The third kappa shape index (κ3) is 9.33. The van der Waals surface area contributed by atoms with E-state index < -0.39 is 11.0 Å². The highest BCUT2D eigenvalue weighted by atomic mass is 16.5. The largest absolute Gasteiger partial charge is 0.489 e. The highest BCUT2D eigenvalue weighted by Crippen LogP contribution is 2.33. The molecular formula is C43H57NO6. The van der Waals surface area contributed by atoms with E-state index in [0.29, 0.717) is 26.2 Å². The summed E-state index contributed by atoms with van der Waals surface area (Å²) in [7, 11) is 0. The van der Waals surface area contributed by atoms with Gasteiger partial charge in [0.05, 0.1) is 32.0 Å². The fourth-order valence-electron chi connectivity index (χ4n) is 6.16. The van der Waals surface area contributed by atoms with E-state index in [1.807, 2.05) is 13.8 Å². The summed E-state index contributed by atoms with van der Waals surface area (Å²) in [5.41, 5.74) is 12.4. The van der Waals surface area contributed by atoms with Crippen LogP contribution in [0.2, 0.25) is 0 Å². The topological polar surface area (TPSA) is 111 Å². The third-order valence-electron chi connectivity index (χ3n) is 10.4. The molecule has 0 aliphatic heterocycles. The molecule has 0 radical (unpaired) electrons. The van der Waals surface area contributed by atoms with E-state index in [4.69, 9.17) is 9.47 Å². The Morgan fingerprint density at radius 2 is 1.02 bits per heavy atom. The smallest absolute Gasteiger partial charge is 0.123 e. The van der Waals surface area contributed by atoms with Gasteiger partial charge in [-0.2, -0.15) is 0 Å². The number of aliphatic hydroxyl groups excluding tert-OH is 4. The van der Waals surface area contributed by atoms with Gasteiger partial charge < -0.3 is 35.2 Å². The number of hydrogen-bond donors (Lipinski definition) is 5. The fraction of sp³-hybridized carbons (Fsp3) is 0.442. The average molecular weight is 684 g/mol. The zero-order chi connectivity index (χ0) is 36.6. The molecule has 0 aromatic heterocycles. The van der Waals surface area contributed by atoms with Crippen molar-refractivity contribution in [2.45, 2.75) is 93.5 Å². The molecule has 0 aliphatic rings. The molecule has 0 spiro atoms. The summed E-state index contributed by atoms with van der Waals surface area (Å²) in [6, 6.07) is 21.2. The van der Waals surface area contributed by atoms with E-state index in [-0.39, 0.29) is 26.4 Å². The van der Waals surface area contributed by atoms with Crippen LogP contribution in [0.4, 0.5) is 0 Å². The van der Waals surface area contributed by atoms with Gasteiger partial charge in [0, 0.05) is 12.0 Å². The van der Waals surface area contributed by atoms with Crippen molar-refractivity contribution in [2.75, 3.05) is 26.4 Å². The molecule has 7 heteroatoms. The van der Waals surface area contributed by atoms with Crippen LogP contribution in [0.15, 0.2) is 60.7 Å². The first kappa shape index (κ1) is 39.1. The van der Waals surface area contributed by atoms with Crippen LogP contribution in [0.25, 0.3) is 11.1 Å². The molecule has 0 fully saturated rings. The average Bonchev–Trinajstić information content (AvgIpc) is 3.11. The Kier molecular flexibility index (Phi) is 13.3. The second kappa shape index (κ2) is 17.0. The molecule has 0 amide bonds. The summed E-state index contributed by atoms with van der Waals surface area (Å²) in [5.74, 6) is 1.70. The number of aliphatic hydroxyl groups is 4. The van der Waals surface area contributed by atoms with Crippen LogP contribution in [0.1, 0.15) is 75.9 Å². The Balaban J connectivity index is 1.46. The summed E-state index contributed by atoms with van der Waals surface area (Å²) >= 11 is 0. The Hall–Kier alpha value is -3.72. The predicted octanol–water partition coefficient (Wildman–Crippen LogP) is 7.12. The standard InChI is InChI=1S/C43H57NO6/c1-28-19-40(30(3)17-34(28)15-16-42(7,24-45)25-46)49-22-35-11-9-13-38(32(35)5)39-14-10-12-36(33(39)6)23-50-41-20-29(2)37(18-31(41)4)21-44-43(8,26-47)27-48/h9-14,17-20,44-48H,15-16,21-27H2,1-8H3. The lowest BCUT2D eigenvalue weighted by molar-refractivity contribution is 0.0631. The Labute approximate surface area is 298 Å². The summed E-state index contributed by atoms with van der Waals surface area (Å²) in [4.78, 5) is 0. The molecule has 0 unspecified atom stereocenters. The van der Waals surface area contributed by atoms with Crippen molar-refractivity contribution in [3.8, 4) is 22.6 Å². The minimum absolute atomic E-state index is 0.0357. The lowest BCUT2D eigenvalue weighted by Gasteiger charge is -2.27. The van der Waals surface area contributed by atoms with E-state index in [1.165, 1.54) is 27.8 Å². The van der Waals surface area contributed by atoms with Crippen LogP contribution in [-0.4, -0.2) is 52.4 Å². The molecule has 0 saturated carbocycles. The molecule has 5 N–H and O–H groups in total. The van der Waals surface area contributed by atoms with Gasteiger partial charge in [0.2, 0.25) is 0 Å². The molecule has 4 rings (SSSR count). The van der Waals surface area contributed by atoms with Crippen molar-refractivity contribution >= 4 is 0 Å². The van der Waals surface area contributed by atoms with Gasteiger partial charge in [0.1, 0.15) is 24.7 Å². The Morgan fingerprint density at radius 3 is 1.48 bits per heavy atom. The molecule has 50 heavy (non-hydrogen) atoms. The first-order chi connectivity index (χ1) is 23.8. The van der Waals surface area contributed by atoms with E-state index in [2.05, 4.69) is 101 Å². The van der Waals surface area contributed by atoms with E-state index in [9.17, 15) is 20.4 Å². The summed E-state index contributed by atoms with van der Waals surface area (Å²) in [5, 5.41) is 41.9. The quantitative estimate of drug-likeness (QED) is 0.0806. The number of rotatable bonds is 17. The van der Waals surface area contributed by atoms with E-state index in [0.717, 1.165) is 56.9 Å². The first-order valence-corrected chi connectivity index (χ1v) is 17.6. The number of aryl methyl sites for hydroxylation is 5. The predicted molar refractivity (Wildman–Crippen MR) is 202 cm³/mol. The van der Waals surface area contributed by atoms with Gasteiger partial charge in [-0.15, -0.1) is 0 Å². The molecule has 0 bridgehead atoms. The van der Waals surface area contributed by atoms with Crippen LogP contribution in [-0.2, 0) is 26.2 Å². The molecule has 0 atom stereocenters. The molecule has 0 aliphatic carbocycles. The van der Waals surface area contributed by atoms with Crippen molar-refractivity contribution in [1.82, 2.24) is 5.32 Å². The summed E-state index contributed by atoms with van der Waals surface area (Å²) in [6.07, 6.45) is 1.50. The second-order valence-corrected chi connectivity index (χ2v) is 14.7. The zero-order valence-corrected chi connectivity index (χ0v) is 31.2. The van der Waals surface area contributed by atoms with Crippen molar-refractivity contribution in [3.05, 3.63) is 116 Å². The fourth-order valence-corrected chi connectivity index (χ4v) is 6.16. The van der Waals surface area contributed by atoms with Crippen molar-refractivity contribution < 1.29 is 29.9 Å². The maximum Gasteiger partial charge on any atom is 0.123 e. The van der Waals surface area contributed by atoms with Crippen LogP contribution >= 0.6 is 0 Å². The number of ether oxygens (including phenoxy) is 2. The lowest BCUT2D eigenvalue weighted by atomic mass is 9.85. The summed E-state index contributed by atoms with van der Waals surface area (Å²) in [6.45, 7) is 17.3. The minimum Gasteiger partial charge on any atom is -0.489 e. The van der Waals surface area contributed by atoms with Gasteiger partial charge in [0.15, 0.2) is 0 Å². The highest BCUT2D eigenvalue weighted by molar-refractivity contribution is 5.72. The lowest BCUT2D eigenvalue weighted by Crippen LogP contribution is -2.48. The monoisotopic (exact) mass is 683 g/mol. The van der Waals surface area contributed by atoms with Crippen LogP contribution in [0, 0.1) is 47.0 Å². The first-order valence-electron chi connectivity index (χ1n) is 17.6. The van der Waals surface area contributed by atoms with E-state index >= 15 is 0 Å². The number of hydrogen-bond acceptors (Lipinski definition) is 7. The molecule has 4 aromatic rings. The minimum atomic E-state index is -0.736. The van der Waals surface area contributed by atoms with Gasteiger partial charge >= 0.3 is 0 Å². The zero-order valence-electron chi connectivity index (χ0n) is 31.2. The van der Waals surface area contributed by atoms with Gasteiger partial charge in [-0.05, 0) is 140 Å². The molecular weight excluding hydrogens is 626 g/mol. The maximum atomic E-state index is 9.69.